The lowest BCUT2D eigenvalue weighted by molar-refractivity contribution is 1.25. The Bertz CT molecular complexity index is 845. The molecule has 0 atom stereocenters. The summed E-state index contributed by atoms with van der Waals surface area (Å²) in [5, 5.41) is 2.55. The van der Waals surface area contributed by atoms with Gasteiger partial charge < -0.3 is 0 Å². The number of benzene rings is 2. The first-order valence-electron chi connectivity index (χ1n) is 6.24. The second-order valence-electron chi connectivity index (χ2n) is 4.70. The molecule has 20 heavy (non-hydrogen) atoms. The van der Waals surface area contributed by atoms with Crippen LogP contribution in [-0.2, 0) is 5.75 Å². The van der Waals surface area contributed by atoms with Gasteiger partial charge in [0.1, 0.15) is 0 Å². The number of hydrogen-bond acceptors (Lipinski definition) is 2. The lowest BCUT2D eigenvalue weighted by atomic mass is 10.0. The Hall–Kier alpha value is -1.22. The first-order chi connectivity index (χ1) is 9.74. The van der Waals surface area contributed by atoms with Gasteiger partial charge in [-0.1, -0.05) is 41.4 Å². The number of nitrogens with zero attached hydrogens (tertiary/aromatic N) is 1. The van der Waals surface area contributed by atoms with Crippen LogP contribution in [0.5, 0.6) is 0 Å². The van der Waals surface area contributed by atoms with Gasteiger partial charge in [0.05, 0.1) is 16.2 Å². The van der Waals surface area contributed by atoms with E-state index in [1.165, 1.54) is 4.90 Å². The maximum atomic E-state index is 6.58. The smallest absolute Gasteiger partial charge is 0.0776 e. The van der Waals surface area contributed by atoms with Crippen LogP contribution in [-0.4, -0.2) is 4.98 Å². The molecule has 1 aliphatic rings. The first-order valence-corrected chi connectivity index (χ1v) is 7.98. The summed E-state index contributed by atoms with van der Waals surface area (Å²) in [4.78, 5) is 6.01. The Morgan fingerprint density at radius 3 is 2.80 bits per heavy atom. The monoisotopic (exact) mass is 317 g/mol. The maximum Gasteiger partial charge on any atom is 0.0776 e. The van der Waals surface area contributed by atoms with Crippen LogP contribution >= 0.6 is 35.0 Å². The van der Waals surface area contributed by atoms with Crippen molar-refractivity contribution < 1.29 is 0 Å². The van der Waals surface area contributed by atoms with Crippen LogP contribution in [0.2, 0.25) is 10.0 Å². The third-order valence-corrected chi connectivity index (χ3v) is 5.26. The highest BCUT2D eigenvalue weighted by Crippen LogP contribution is 2.45. The zero-order valence-electron chi connectivity index (χ0n) is 10.4. The van der Waals surface area contributed by atoms with Crippen LogP contribution < -0.4 is 0 Å². The van der Waals surface area contributed by atoms with E-state index in [0.29, 0.717) is 0 Å². The van der Waals surface area contributed by atoms with Crippen LogP contribution in [0.15, 0.2) is 47.4 Å². The molecule has 3 aromatic rings. The van der Waals surface area contributed by atoms with Crippen molar-refractivity contribution in [2.75, 3.05) is 0 Å². The van der Waals surface area contributed by atoms with Crippen molar-refractivity contribution in [1.82, 2.24) is 4.98 Å². The molecular formula is C16H9Cl2NS. The van der Waals surface area contributed by atoms with Crippen LogP contribution in [0.1, 0.15) is 5.56 Å². The predicted octanol–water partition coefficient (Wildman–Crippen LogP) is 5.81. The molecule has 1 nitrogen and oxygen atoms in total. The molecule has 0 aliphatic carbocycles. The van der Waals surface area contributed by atoms with Gasteiger partial charge in [0.25, 0.3) is 0 Å². The van der Waals surface area contributed by atoms with Crippen LogP contribution in [0.25, 0.3) is 22.2 Å². The van der Waals surface area contributed by atoms with E-state index in [9.17, 15) is 0 Å². The van der Waals surface area contributed by atoms with Gasteiger partial charge in [-0.3, -0.25) is 0 Å². The summed E-state index contributed by atoms with van der Waals surface area (Å²) in [5.41, 5.74) is 4.07. The Morgan fingerprint density at radius 1 is 1.05 bits per heavy atom. The minimum atomic E-state index is 0.725. The summed E-state index contributed by atoms with van der Waals surface area (Å²) >= 11 is 14.5. The molecule has 0 unspecified atom stereocenters. The van der Waals surface area contributed by atoms with Gasteiger partial charge in [0, 0.05) is 32.2 Å². The number of halogens is 2. The largest absolute Gasteiger partial charge is 0.247 e. The van der Waals surface area contributed by atoms with E-state index >= 15 is 0 Å². The lowest BCUT2D eigenvalue weighted by Crippen LogP contribution is -2.01. The molecule has 98 valence electrons. The molecule has 1 aliphatic heterocycles. The maximum absolute atomic E-state index is 6.58. The highest BCUT2D eigenvalue weighted by atomic mass is 35.5. The molecule has 0 saturated heterocycles. The minimum Gasteiger partial charge on any atom is -0.247 e. The van der Waals surface area contributed by atoms with Crippen molar-refractivity contribution in [3.8, 4) is 11.3 Å². The molecule has 0 saturated carbocycles. The quantitative estimate of drug-likeness (QED) is 0.518. The average Bonchev–Trinajstić information content (AvgIpc) is 2.47. The predicted molar refractivity (Wildman–Crippen MR) is 86.8 cm³/mol. The van der Waals surface area contributed by atoms with E-state index in [2.05, 4.69) is 6.07 Å². The number of fused-ring (bicyclic) bond motifs is 4. The summed E-state index contributed by atoms with van der Waals surface area (Å²) in [6.07, 6.45) is 0. The summed E-state index contributed by atoms with van der Waals surface area (Å²) in [6.45, 7) is 0. The number of para-hydroxylation sites is 1. The van der Waals surface area contributed by atoms with Crippen molar-refractivity contribution in [1.29, 1.82) is 0 Å². The van der Waals surface area contributed by atoms with Crippen LogP contribution in [0.4, 0.5) is 0 Å². The van der Waals surface area contributed by atoms with Gasteiger partial charge >= 0.3 is 0 Å². The molecule has 0 amide bonds. The molecule has 4 rings (SSSR count). The molecule has 0 fully saturated rings. The molecule has 1 aromatic heterocycles. The molecule has 2 aromatic carbocycles. The molecule has 0 N–H and O–H groups in total. The Morgan fingerprint density at radius 2 is 1.90 bits per heavy atom. The van der Waals surface area contributed by atoms with Crippen molar-refractivity contribution in [2.45, 2.75) is 10.6 Å². The molecule has 2 heterocycles. The van der Waals surface area contributed by atoms with Crippen LogP contribution in [0, 0.1) is 0 Å². The van der Waals surface area contributed by atoms with Gasteiger partial charge in [-0.25, -0.2) is 4.98 Å². The highest BCUT2D eigenvalue weighted by Gasteiger charge is 2.22. The summed E-state index contributed by atoms with van der Waals surface area (Å²) in [6, 6.07) is 13.9. The number of pyridine rings is 1. The third-order valence-electron chi connectivity index (χ3n) is 3.49. The Kier molecular flexibility index (Phi) is 2.92. The Labute approximate surface area is 130 Å². The lowest BCUT2D eigenvalue weighted by Gasteiger charge is -2.20. The standard InChI is InChI=1S/C16H9Cl2NS/c17-9-5-6-14-11(7-9)16-12(8-20-14)15(18)10-3-1-2-4-13(10)19-16/h1-7H,8H2. The zero-order valence-corrected chi connectivity index (χ0v) is 12.7. The number of thioether (sulfide) groups is 1. The second kappa shape index (κ2) is 4.66. The van der Waals surface area contributed by atoms with E-state index in [1.54, 1.807) is 11.8 Å². The molecule has 0 spiro atoms. The van der Waals surface area contributed by atoms with E-state index in [0.717, 1.165) is 43.5 Å². The van der Waals surface area contributed by atoms with Gasteiger partial charge in [0.15, 0.2) is 0 Å². The van der Waals surface area contributed by atoms with Crippen molar-refractivity contribution in [3.05, 3.63) is 58.1 Å². The summed E-state index contributed by atoms with van der Waals surface area (Å²) in [7, 11) is 0. The first kappa shape index (κ1) is 12.5. The SMILES string of the molecule is Clc1ccc2c(c1)-c1nc3ccccc3c(Cl)c1CS2. The highest BCUT2D eigenvalue weighted by molar-refractivity contribution is 7.98. The Balaban J connectivity index is 2.10. The van der Waals surface area contributed by atoms with Crippen molar-refractivity contribution in [2.24, 2.45) is 0 Å². The van der Waals surface area contributed by atoms with Crippen LogP contribution in [0.3, 0.4) is 0 Å². The number of rotatable bonds is 0. The van der Waals surface area contributed by atoms with Gasteiger partial charge in [-0.05, 0) is 24.3 Å². The normalized spacial score (nSPS) is 13.1. The molecule has 0 radical (unpaired) electrons. The van der Waals surface area contributed by atoms with Gasteiger partial charge in [0.2, 0.25) is 0 Å². The summed E-state index contributed by atoms with van der Waals surface area (Å²) in [5.74, 6) is 0.848. The van der Waals surface area contributed by atoms with Gasteiger partial charge in [-0.2, -0.15) is 0 Å². The number of hydrogen-bond donors (Lipinski definition) is 0. The average molecular weight is 318 g/mol. The van der Waals surface area contributed by atoms with E-state index < -0.39 is 0 Å². The molecular weight excluding hydrogens is 309 g/mol. The minimum absolute atomic E-state index is 0.725. The molecule has 0 bridgehead atoms. The van der Waals surface area contributed by atoms with E-state index in [1.807, 2.05) is 36.4 Å². The van der Waals surface area contributed by atoms with Gasteiger partial charge in [-0.15, -0.1) is 11.8 Å². The topological polar surface area (TPSA) is 12.9 Å². The second-order valence-corrected chi connectivity index (χ2v) is 6.53. The zero-order chi connectivity index (χ0) is 13.7. The number of aromatic nitrogens is 1. The fraction of sp³-hybridized carbons (Fsp3) is 0.0625. The fourth-order valence-electron chi connectivity index (χ4n) is 2.53. The van der Waals surface area contributed by atoms with E-state index in [4.69, 9.17) is 28.2 Å². The summed E-state index contributed by atoms with van der Waals surface area (Å²) < 4.78 is 0. The van der Waals surface area contributed by atoms with E-state index in [-0.39, 0.29) is 0 Å². The van der Waals surface area contributed by atoms with Crippen molar-refractivity contribution >= 4 is 45.9 Å². The fourth-order valence-corrected chi connectivity index (χ4v) is 4.15. The third kappa shape index (κ3) is 1.83. The van der Waals surface area contributed by atoms with Crippen molar-refractivity contribution in [3.63, 3.8) is 0 Å². The molecule has 4 heteroatoms.